The van der Waals surface area contributed by atoms with Gasteiger partial charge in [0.2, 0.25) is 5.95 Å². The number of hydrogen-bond donors (Lipinski definition) is 0. The van der Waals surface area contributed by atoms with Crippen LogP contribution in [0.25, 0.3) is 88.9 Å². The number of rotatable bonds is 5. The maximum atomic E-state index is 13.9. The Kier molecular flexibility index (Phi) is 6.83. The second-order valence-electron chi connectivity index (χ2n) is 13.0. The lowest BCUT2D eigenvalue weighted by Gasteiger charge is -2.12. The lowest BCUT2D eigenvalue weighted by atomic mass is 10.0. The first kappa shape index (κ1) is 29.9. The van der Waals surface area contributed by atoms with Crippen LogP contribution >= 0.6 is 0 Å². The standard InChI is InChI=1S/C46H28F2N4/c47-33-20-14-29(15-21-33)40-28-41(30-16-22-34(48)23-17-30)50-46(49-40)52-43-13-7-5-11-37(43)39-26-31(19-25-44(39)52)32-18-24-38-36-10-4-6-12-42(36)51(45(38)27-32)35-8-2-1-3-9-35/h1-28H. The molecule has 246 valence electrons. The molecule has 0 spiro atoms. The molecule has 0 aliphatic heterocycles. The number of para-hydroxylation sites is 3. The second-order valence-corrected chi connectivity index (χ2v) is 13.0. The monoisotopic (exact) mass is 674 g/mol. The Hall–Kier alpha value is -6.92. The number of fused-ring (bicyclic) bond motifs is 6. The summed E-state index contributed by atoms with van der Waals surface area (Å²) in [6, 6.07) is 54.9. The zero-order valence-electron chi connectivity index (χ0n) is 27.7. The van der Waals surface area contributed by atoms with Gasteiger partial charge < -0.3 is 4.57 Å². The zero-order chi connectivity index (χ0) is 34.8. The van der Waals surface area contributed by atoms with Gasteiger partial charge in [0.1, 0.15) is 11.6 Å². The molecular weight excluding hydrogens is 647 g/mol. The molecule has 6 heteroatoms. The SMILES string of the molecule is Fc1ccc(-c2cc(-c3ccc(F)cc3)nc(-n3c4ccccc4c4cc(-c5ccc6c7ccccc7n(-c7ccccc7)c6c5)ccc43)n2)cc1. The summed E-state index contributed by atoms with van der Waals surface area (Å²) < 4.78 is 32.3. The molecule has 0 aliphatic rings. The highest BCUT2D eigenvalue weighted by atomic mass is 19.1. The van der Waals surface area contributed by atoms with E-state index in [4.69, 9.17) is 9.97 Å². The first-order chi connectivity index (χ1) is 25.6. The van der Waals surface area contributed by atoms with Gasteiger partial charge in [-0.3, -0.25) is 4.57 Å². The Morgan fingerprint density at radius 3 is 1.48 bits per heavy atom. The van der Waals surface area contributed by atoms with Gasteiger partial charge >= 0.3 is 0 Å². The van der Waals surface area contributed by atoms with E-state index in [9.17, 15) is 8.78 Å². The fourth-order valence-corrected chi connectivity index (χ4v) is 7.44. The average molecular weight is 675 g/mol. The largest absolute Gasteiger partial charge is 0.309 e. The normalized spacial score (nSPS) is 11.7. The predicted octanol–water partition coefficient (Wildman–Crippen LogP) is 11.9. The highest BCUT2D eigenvalue weighted by molar-refractivity contribution is 6.12. The molecule has 10 aromatic rings. The molecule has 0 saturated carbocycles. The number of hydrogen-bond acceptors (Lipinski definition) is 2. The summed E-state index contributed by atoms with van der Waals surface area (Å²) in [4.78, 5) is 10.1. The van der Waals surface area contributed by atoms with Gasteiger partial charge in [-0.2, -0.15) is 0 Å². The van der Waals surface area contributed by atoms with Gasteiger partial charge in [-0.05, 0) is 108 Å². The fourth-order valence-electron chi connectivity index (χ4n) is 7.44. The van der Waals surface area contributed by atoms with Crippen molar-refractivity contribution in [3.05, 3.63) is 181 Å². The summed E-state index contributed by atoms with van der Waals surface area (Å²) in [6.07, 6.45) is 0. The van der Waals surface area contributed by atoms with Crippen molar-refractivity contribution in [3.8, 4) is 45.3 Å². The summed E-state index contributed by atoms with van der Waals surface area (Å²) in [5.74, 6) is -0.180. The molecule has 0 bridgehead atoms. The molecule has 10 rings (SSSR count). The topological polar surface area (TPSA) is 35.6 Å². The number of halogens is 2. The van der Waals surface area contributed by atoms with Crippen molar-refractivity contribution in [1.82, 2.24) is 19.1 Å². The molecule has 0 radical (unpaired) electrons. The Balaban J connectivity index is 1.18. The molecule has 0 N–H and O–H groups in total. The number of nitrogens with zero attached hydrogens (tertiary/aromatic N) is 4. The summed E-state index contributed by atoms with van der Waals surface area (Å²) in [5.41, 5.74) is 10.3. The van der Waals surface area contributed by atoms with Crippen molar-refractivity contribution in [2.24, 2.45) is 0 Å². The van der Waals surface area contributed by atoms with E-state index >= 15 is 0 Å². The quantitative estimate of drug-likeness (QED) is 0.182. The van der Waals surface area contributed by atoms with Crippen molar-refractivity contribution in [1.29, 1.82) is 0 Å². The van der Waals surface area contributed by atoms with E-state index < -0.39 is 0 Å². The minimum atomic E-state index is -0.323. The summed E-state index contributed by atoms with van der Waals surface area (Å²) in [6.45, 7) is 0. The van der Waals surface area contributed by atoms with Crippen molar-refractivity contribution in [2.75, 3.05) is 0 Å². The molecule has 7 aromatic carbocycles. The molecule has 0 aliphatic carbocycles. The van der Waals surface area contributed by atoms with E-state index in [-0.39, 0.29) is 11.6 Å². The van der Waals surface area contributed by atoms with Crippen LogP contribution in [0.3, 0.4) is 0 Å². The third-order valence-electron chi connectivity index (χ3n) is 9.89. The van der Waals surface area contributed by atoms with E-state index in [0.29, 0.717) is 17.3 Å². The maximum Gasteiger partial charge on any atom is 0.235 e. The lowest BCUT2D eigenvalue weighted by molar-refractivity contribution is 0.627. The van der Waals surface area contributed by atoms with Gasteiger partial charge in [-0.25, -0.2) is 18.7 Å². The van der Waals surface area contributed by atoms with Crippen LogP contribution in [0.1, 0.15) is 0 Å². The number of benzene rings is 7. The van der Waals surface area contributed by atoms with Crippen LogP contribution in [0.5, 0.6) is 0 Å². The minimum absolute atomic E-state index is 0.323. The first-order valence-corrected chi connectivity index (χ1v) is 17.1. The van der Waals surface area contributed by atoms with Crippen LogP contribution in [0, 0.1) is 11.6 Å². The molecule has 3 heterocycles. The van der Waals surface area contributed by atoms with E-state index in [1.807, 2.05) is 24.3 Å². The van der Waals surface area contributed by atoms with Crippen molar-refractivity contribution >= 4 is 43.6 Å². The van der Waals surface area contributed by atoms with Crippen LogP contribution in [0.2, 0.25) is 0 Å². The molecule has 0 unspecified atom stereocenters. The van der Waals surface area contributed by atoms with Crippen LogP contribution in [-0.4, -0.2) is 19.1 Å². The third kappa shape index (κ3) is 4.88. The van der Waals surface area contributed by atoms with Gasteiger partial charge in [0.15, 0.2) is 0 Å². The van der Waals surface area contributed by atoms with Crippen LogP contribution in [-0.2, 0) is 0 Å². The minimum Gasteiger partial charge on any atom is -0.309 e. The molecule has 0 fully saturated rings. The Labute approximate surface area is 297 Å². The van der Waals surface area contributed by atoms with E-state index in [1.54, 1.807) is 24.3 Å². The van der Waals surface area contributed by atoms with E-state index in [1.165, 1.54) is 40.6 Å². The predicted molar refractivity (Wildman–Crippen MR) is 207 cm³/mol. The second kappa shape index (κ2) is 11.9. The van der Waals surface area contributed by atoms with Gasteiger partial charge in [0.25, 0.3) is 0 Å². The summed E-state index contributed by atoms with van der Waals surface area (Å²) in [5, 5.41) is 4.55. The van der Waals surface area contributed by atoms with Crippen LogP contribution in [0.4, 0.5) is 8.78 Å². The van der Waals surface area contributed by atoms with E-state index in [2.05, 4.69) is 106 Å². The molecule has 0 amide bonds. The van der Waals surface area contributed by atoms with Crippen molar-refractivity contribution < 1.29 is 8.78 Å². The molecule has 0 saturated heterocycles. The Bertz CT molecular complexity index is 2900. The first-order valence-electron chi connectivity index (χ1n) is 17.1. The summed E-state index contributed by atoms with van der Waals surface area (Å²) >= 11 is 0. The van der Waals surface area contributed by atoms with E-state index in [0.717, 1.165) is 55.3 Å². The molecule has 0 atom stereocenters. The Morgan fingerprint density at radius 1 is 0.346 bits per heavy atom. The van der Waals surface area contributed by atoms with Crippen LogP contribution < -0.4 is 0 Å². The Morgan fingerprint density at radius 2 is 0.827 bits per heavy atom. The average Bonchev–Trinajstić information content (AvgIpc) is 3.71. The smallest absolute Gasteiger partial charge is 0.235 e. The maximum absolute atomic E-state index is 13.9. The van der Waals surface area contributed by atoms with Crippen molar-refractivity contribution in [3.63, 3.8) is 0 Å². The number of aromatic nitrogens is 4. The summed E-state index contributed by atoms with van der Waals surface area (Å²) in [7, 11) is 0. The lowest BCUT2D eigenvalue weighted by Crippen LogP contribution is -2.04. The molecule has 4 nitrogen and oxygen atoms in total. The molecule has 52 heavy (non-hydrogen) atoms. The third-order valence-corrected chi connectivity index (χ3v) is 9.89. The van der Waals surface area contributed by atoms with Gasteiger partial charge in [0.05, 0.1) is 33.5 Å². The highest BCUT2D eigenvalue weighted by Gasteiger charge is 2.19. The van der Waals surface area contributed by atoms with Crippen LogP contribution in [0.15, 0.2) is 170 Å². The highest BCUT2D eigenvalue weighted by Crippen LogP contribution is 2.38. The van der Waals surface area contributed by atoms with Gasteiger partial charge in [0, 0.05) is 38.4 Å². The van der Waals surface area contributed by atoms with Gasteiger partial charge in [-0.15, -0.1) is 0 Å². The molecular formula is C46H28F2N4. The zero-order valence-corrected chi connectivity index (χ0v) is 27.7. The molecule has 3 aromatic heterocycles. The van der Waals surface area contributed by atoms with Crippen molar-refractivity contribution in [2.45, 2.75) is 0 Å². The fraction of sp³-hybridized carbons (Fsp3) is 0. The van der Waals surface area contributed by atoms with Gasteiger partial charge in [-0.1, -0.05) is 72.8 Å².